The molecule has 1 heterocycles. The Hall–Kier alpha value is -2.34. The minimum atomic E-state index is -1.48. The molecule has 11 nitrogen and oxygen atoms in total. The van der Waals surface area contributed by atoms with Gasteiger partial charge in [0.1, 0.15) is 18.1 Å². The molecule has 32 heavy (non-hydrogen) atoms. The molecule has 0 aromatic rings. The number of hydrogen-bond acceptors (Lipinski definition) is 7. The number of carboxylic acid groups (broad SMARTS) is 2. The Balaban J connectivity index is 2.92. The zero-order chi connectivity index (χ0) is 24.4. The Morgan fingerprint density at radius 2 is 1.84 bits per heavy atom. The van der Waals surface area contributed by atoms with Gasteiger partial charge in [0.2, 0.25) is 17.7 Å². The highest BCUT2D eigenvalue weighted by Crippen LogP contribution is 2.19. The molecule has 0 saturated carbocycles. The molecule has 1 fully saturated rings. The normalized spacial score (nSPS) is 19.5. The average Bonchev–Trinajstić information content (AvgIpc) is 3.23. The quantitative estimate of drug-likeness (QED) is 0.238. The molecular formula is C20H34N4O7S. The molecule has 6 N–H and O–H groups in total. The van der Waals surface area contributed by atoms with E-state index in [-0.39, 0.29) is 5.91 Å². The molecule has 0 bridgehead atoms. The van der Waals surface area contributed by atoms with Crippen molar-refractivity contribution in [2.45, 2.75) is 70.1 Å². The lowest BCUT2D eigenvalue weighted by atomic mass is 9.98. The molecule has 0 radical (unpaired) electrons. The Kier molecular flexibility index (Phi) is 11.5. The van der Waals surface area contributed by atoms with E-state index in [0.29, 0.717) is 38.0 Å². The maximum atomic E-state index is 12.9. The predicted molar refractivity (Wildman–Crippen MR) is 119 cm³/mol. The summed E-state index contributed by atoms with van der Waals surface area (Å²) in [6.07, 6.45) is 3.04. The lowest BCUT2D eigenvalue weighted by Gasteiger charge is -2.28. The van der Waals surface area contributed by atoms with E-state index in [4.69, 9.17) is 5.73 Å². The fourth-order valence-electron chi connectivity index (χ4n) is 3.47. The van der Waals surface area contributed by atoms with E-state index in [1.165, 1.54) is 4.90 Å². The van der Waals surface area contributed by atoms with Gasteiger partial charge < -0.3 is 31.5 Å². The first kappa shape index (κ1) is 27.7. The van der Waals surface area contributed by atoms with Gasteiger partial charge in [0, 0.05) is 6.54 Å². The summed E-state index contributed by atoms with van der Waals surface area (Å²) in [4.78, 5) is 62.3. The Bertz CT molecular complexity index is 705. The average molecular weight is 475 g/mol. The number of nitrogens with zero attached hydrogens (tertiary/aromatic N) is 1. The maximum Gasteiger partial charge on any atom is 0.326 e. The lowest BCUT2D eigenvalue weighted by molar-refractivity contribution is -0.145. The van der Waals surface area contributed by atoms with Crippen LogP contribution in [0.15, 0.2) is 0 Å². The van der Waals surface area contributed by atoms with E-state index in [2.05, 4.69) is 10.6 Å². The van der Waals surface area contributed by atoms with Gasteiger partial charge in [0.05, 0.1) is 12.5 Å². The molecule has 5 atom stereocenters. The minimum Gasteiger partial charge on any atom is -0.481 e. The van der Waals surface area contributed by atoms with Gasteiger partial charge >= 0.3 is 11.9 Å². The molecule has 0 spiro atoms. The summed E-state index contributed by atoms with van der Waals surface area (Å²) in [6.45, 7) is 3.75. The highest BCUT2D eigenvalue weighted by molar-refractivity contribution is 7.98. The van der Waals surface area contributed by atoms with Crippen LogP contribution in [0.5, 0.6) is 0 Å². The summed E-state index contributed by atoms with van der Waals surface area (Å²) in [5.41, 5.74) is 5.95. The zero-order valence-corrected chi connectivity index (χ0v) is 19.5. The van der Waals surface area contributed by atoms with Crippen molar-refractivity contribution in [2.24, 2.45) is 11.7 Å². The van der Waals surface area contributed by atoms with Crippen molar-refractivity contribution < 1.29 is 34.2 Å². The van der Waals surface area contributed by atoms with Gasteiger partial charge in [-0.25, -0.2) is 4.79 Å². The monoisotopic (exact) mass is 474 g/mol. The van der Waals surface area contributed by atoms with Crippen molar-refractivity contribution in [2.75, 3.05) is 18.6 Å². The standard InChI is InChI=1S/C20H34N4O7S/c1-4-11(2)16(20(30)31)23-17(27)13(10-15(25)26)22-18(28)14-6-5-8-24(14)19(29)12(21)7-9-32-3/h11-14,16H,4-10,21H2,1-3H3,(H,22,28)(H,23,27)(H,25,26)(H,30,31). The van der Waals surface area contributed by atoms with Crippen LogP contribution in [0.25, 0.3) is 0 Å². The second-order valence-electron chi connectivity index (χ2n) is 7.95. The Labute approximate surface area is 191 Å². The van der Waals surface area contributed by atoms with Gasteiger partial charge in [-0.2, -0.15) is 11.8 Å². The zero-order valence-electron chi connectivity index (χ0n) is 18.7. The first-order valence-corrected chi connectivity index (χ1v) is 12.0. The van der Waals surface area contributed by atoms with Crippen LogP contribution in [-0.4, -0.2) is 87.5 Å². The summed E-state index contributed by atoms with van der Waals surface area (Å²) < 4.78 is 0. The van der Waals surface area contributed by atoms with Crippen LogP contribution in [0, 0.1) is 5.92 Å². The van der Waals surface area contributed by atoms with Crippen molar-refractivity contribution in [3.05, 3.63) is 0 Å². The van der Waals surface area contributed by atoms with E-state index >= 15 is 0 Å². The van der Waals surface area contributed by atoms with E-state index < -0.39 is 60.3 Å². The molecular weight excluding hydrogens is 440 g/mol. The number of amides is 3. The SMILES string of the molecule is CCC(C)C(NC(=O)C(CC(=O)O)NC(=O)C1CCCN1C(=O)C(N)CCSC)C(=O)O. The second-order valence-corrected chi connectivity index (χ2v) is 8.93. The van der Waals surface area contributed by atoms with Crippen molar-refractivity contribution in [1.82, 2.24) is 15.5 Å². The Morgan fingerprint density at radius 3 is 2.38 bits per heavy atom. The molecule has 1 rings (SSSR count). The molecule has 0 aromatic heterocycles. The Morgan fingerprint density at radius 1 is 1.19 bits per heavy atom. The van der Waals surface area contributed by atoms with E-state index in [9.17, 15) is 34.2 Å². The first-order valence-electron chi connectivity index (χ1n) is 10.6. The molecule has 1 aliphatic rings. The summed E-state index contributed by atoms with van der Waals surface area (Å²) in [7, 11) is 0. The number of nitrogens with one attached hydrogen (secondary N) is 2. The number of likely N-dealkylation sites (tertiary alicyclic amines) is 1. The van der Waals surface area contributed by atoms with Gasteiger partial charge in [-0.15, -0.1) is 0 Å². The number of carboxylic acids is 2. The number of hydrogen-bond donors (Lipinski definition) is 5. The molecule has 0 aliphatic carbocycles. The highest BCUT2D eigenvalue weighted by Gasteiger charge is 2.38. The van der Waals surface area contributed by atoms with Crippen LogP contribution < -0.4 is 16.4 Å². The van der Waals surface area contributed by atoms with E-state index in [0.717, 1.165) is 0 Å². The van der Waals surface area contributed by atoms with Crippen molar-refractivity contribution in [3.63, 3.8) is 0 Å². The largest absolute Gasteiger partial charge is 0.481 e. The van der Waals surface area contributed by atoms with Gasteiger partial charge in [0.25, 0.3) is 0 Å². The summed E-state index contributed by atoms with van der Waals surface area (Å²) >= 11 is 1.55. The van der Waals surface area contributed by atoms with Gasteiger partial charge in [-0.3, -0.25) is 19.2 Å². The fourth-order valence-corrected chi connectivity index (χ4v) is 3.96. The van der Waals surface area contributed by atoms with Gasteiger partial charge in [0.15, 0.2) is 0 Å². The van der Waals surface area contributed by atoms with Gasteiger partial charge in [-0.05, 0) is 37.2 Å². The number of thioether (sulfide) groups is 1. The topological polar surface area (TPSA) is 179 Å². The summed E-state index contributed by atoms with van der Waals surface area (Å²) in [6, 6.07) is -4.31. The molecule has 12 heteroatoms. The molecule has 1 saturated heterocycles. The molecule has 182 valence electrons. The van der Waals surface area contributed by atoms with E-state index in [1.807, 2.05) is 6.26 Å². The maximum absolute atomic E-state index is 12.9. The van der Waals surface area contributed by atoms with Crippen molar-refractivity contribution in [1.29, 1.82) is 0 Å². The van der Waals surface area contributed by atoms with Crippen LogP contribution >= 0.6 is 11.8 Å². The van der Waals surface area contributed by atoms with Crippen molar-refractivity contribution in [3.8, 4) is 0 Å². The van der Waals surface area contributed by atoms with Crippen molar-refractivity contribution >= 4 is 41.4 Å². The fraction of sp³-hybridized carbons (Fsp3) is 0.750. The van der Waals surface area contributed by atoms with Crippen LogP contribution in [0.1, 0.15) is 46.0 Å². The predicted octanol–water partition coefficient (Wildman–Crippen LogP) is -0.367. The molecule has 5 unspecified atom stereocenters. The van der Waals surface area contributed by atoms with Crippen LogP contribution in [0.3, 0.4) is 0 Å². The van der Waals surface area contributed by atoms with Crippen LogP contribution in [0.4, 0.5) is 0 Å². The van der Waals surface area contributed by atoms with Gasteiger partial charge in [-0.1, -0.05) is 20.3 Å². The number of nitrogens with two attached hydrogens (primary N) is 1. The number of rotatable bonds is 13. The molecule has 1 aliphatic heterocycles. The highest BCUT2D eigenvalue weighted by atomic mass is 32.2. The third-order valence-electron chi connectivity index (χ3n) is 5.58. The third kappa shape index (κ3) is 7.97. The number of carbonyl (C=O) groups excluding carboxylic acids is 3. The third-order valence-corrected chi connectivity index (χ3v) is 6.22. The lowest BCUT2D eigenvalue weighted by Crippen LogP contribution is -2.57. The second kappa shape index (κ2) is 13.3. The summed E-state index contributed by atoms with van der Waals surface area (Å²) in [5.74, 6) is -4.22. The number of aliphatic carboxylic acids is 2. The minimum absolute atomic E-state index is 0.342. The summed E-state index contributed by atoms with van der Waals surface area (Å²) in [5, 5.41) is 23.3. The van der Waals surface area contributed by atoms with E-state index in [1.54, 1.807) is 25.6 Å². The smallest absolute Gasteiger partial charge is 0.326 e. The van der Waals surface area contributed by atoms with Crippen LogP contribution in [0.2, 0.25) is 0 Å². The molecule has 3 amide bonds. The number of carbonyl (C=O) groups is 5. The van der Waals surface area contributed by atoms with Crippen LogP contribution in [-0.2, 0) is 24.0 Å². The molecule has 0 aromatic carbocycles. The first-order chi connectivity index (χ1) is 15.0.